The number of hydrogen-bond acceptors (Lipinski definition) is 5. The van der Waals surface area contributed by atoms with Crippen molar-refractivity contribution in [1.82, 2.24) is 4.98 Å². The molecule has 1 aromatic heterocycles. The van der Waals surface area contributed by atoms with Crippen LogP contribution in [0.15, 0.2) is 30.3 Å². The van der Waals surface area contributed by atoms with E-state index in [1.54, 1.807) is 19.1 Å². The molecule has 1 aromatic carbocycles. The normalized spacial score (nSPS) is 29.4. The molecular weight excluding hydrogens is 330 g/mol. The monoisotopic (exact) mass is 351 g/mol. The van der Waals surface area contributed by atoms with E-state index >= 15 is 0 Å². The second-order valence-electron chi connectivity index (χ2n) is 8.19. The highest BCUT2D eigenvalue weighted by molar-refractivity contribution is 6.48. The Morgan fingerprint density at radius 3 is 2.42 bits per heavy atom. The van der Waals surface area contributed by atoms with Gasteiger partial charge in [0.15, 0.2) is 5.75 Å². The van der Waals surface area contributed by atoms with Crippen LogP contribution in [-0.4, -0.2) is 22.5 Å². The smallest absolute Gasteiger partial charge is 0.326 e. The van der Waals surface area contributed by atoms with E-state index in [2.05, 4.69) is 4.98 Å². The number of carbonyl (C=O) groups is 3. The summed E-state index contributed by atoms with van der Waals surface area (Å²) in [6, 6.07) is 9.14. The average molecular weight is 351 g/mol. The van der Waals surface area contributed by atoms with E-state index in [1.165, 1.54) is 0 Å². The molecule has 1 heterocycles. The van der Waals surface area contributed by atoms with Gasteiger partial charge < -0.3 is 4.74 Å². The Hall–Kier alpha value is -2.56. The Morgan fingerprint density at radius 2 is 1.77 bits per heavy atom. The maximum Gasteiger partial charge on any atom is 0.326 e. The summed E-state index contributed by atoms with van der Waals surface area (Å²) in [4.78, 5) is 43.0. The zero-order valence-electron chi connectivity index (χ0n) is 15.4. The Kier molecular flexibility index (Phi) is 3.24. The SMILES string of the molecule is Cc1ccc2cccc(OC(=O)[C@@]34CC[C@](C)(C(=O)C3=O)C4(C)C)c2n1. The van der Waals surface area contributed by atoms with Crippen molar-refractivity contribution in [3.05, 3.63) is 36.0 Å². The van der Waals surface area contributed by atoms with Gasteiger partial charge in [-0.1, -0.05) is 39.0 Å². The minimum Gasteiger partial charge on any atom is -0.423 e. The molecule has 2 aliphatic rings. The molecule has 5 heteroatoms. The first kappa shape index (κ1) is 16.9. The molecule has 5 nitrogen and oxygen atoms in total. The highest BCUT2D eigenvalue weighted by Crippen LogP contribution is 2.69. The largest absolute Gasteiger partial charge is 0.423 e. The molecule has 2 saturated carbocycles. The van der Waals surface area contributed by atoms with Gasteiger partial charge in [-0.2, -0.15) is 0 Å². The molecule has 2 aromatic rings. The lowest BCUT2D eigenvalue weighted by Gasteiger charge is -2.36. The molecule has 0 saturated heterocycles. The van der Waals surface area contributed by atoms with E-state index in [1.807, 2.05) is 39.0 Å². The van der Waals surface area contributed by atoms with Crippen LogP contribution in [-0.2, 0) is 14.4 Å². The highest BCUT2D eigenvalue weighted by Gasteiger charge is 2.78. The predicted octanol–water partition coefficient (Wildman–Crippen LogP) is 3.41. The quantitative estimate of drug-likeness (QED) is 0.359. The van der Waals surface area contributed by atoms with Gasteiger partial charge in [0.25, 0.3) is 0 Å². The van der Waals surface area contributed by atoms with Crippen LogP contribution in [0.25, 0.3) is 10.9 Å². The maximum absolute atomic E-state index is 13.2. The maximum atomic E-state index is 13.2. The number of nitrogens with zero attached hydrogens (tertiary/aromatic N) is 1. The van der Waals surface area contributed by atoms with Gasteiger partial charge in [0.05, 0.1) is 0 Å². The minimum atomic E-state index is -1.41. The standard InChI is InChI=1S/C21H21NO4/c1-12-8-9-13-6-5-7-14(15(13)22-12)26-18(25)21-11-10-20(4,19(21,2)3)16(23)17(21)24/h5-9H,10-11H2,1-4H3/t20-,21-/m1/s1. The third kappa shape index (κ3) is 1.76. The second-order valence-corrected chi connectivity index (χ2v) is 8.19. The number of carbonyl (C=O) groups excluding carboxylic acids is 3. The van der Waals surface area contributed by atoms with Crippen LogP contribution < -0.4 is 4.74 Å². The number of hydrogen-bond donors (Lipinski definition) is 0. The number of aromatic nitrogens is 1. The van der Waals surface area contributed by atoms with Gasteiger partial charge in [0, 0.05) is 21.9 Å². The van der Waals surface area contributed by atoms with E-state index < -0.39 is 33.8 Å². The van der Waals surface area contributed by atoms with Gasteiger partial charge in [0.2, 0.25) is 11.6 Å². The molecule has 0 aliphatic heterocycles. The summed E-state index contributed by atoms with van der Waals surface area (Å²) < 4.78 is 5.71. The molecule has 134 valence electrons. The number of para-hydroxylation sites is 1. The molecule has 0 amide bonds. The van der Waals surface area contributed by atoms with Crippen molar-refractivity contribution in [2.24, 2.45) is 16.2 Å². The fourth-order valence-electron chi connectivity index (χ4n) is 4.71. The van der Waals surface area contributed by atoms with Crippen molar-refractivity contribution >= 4 is 28.4 Å². The van der Waals surface area contributed by atoms with Gasteiger partial charge in [-0.3, -0.25) is 14.4 Å². The number of fused-ring (bicyclic) bond motifs is 3. The van der Waals surface area contributed by atoms with E-state index in [0.29, 0.717) is 24.1 Å². The van der Waals surface area contributed by atoms with E-state index in [0.717, 1.165) is 11.1 Å². The number of Topliss-reactive ketones (excluding diaryl/α,β-unsaturated/α-hetero) is 2. The molecule has 2 atom stereocenters. The van der Waals surface area contributed by atoms with E-state index in [-0.39, 0.29) is 0 Å². The van der Waals surface area contributed by atoms with Gasteiger partial charge in [-0.25, -0.2) is 4.98 Å². The first-order valence-electron chi connectivity index (χ1n) is 8.83. The fraction of sp³-hybridized carbons (Fsp3) is 0.429. The van der Waals surface area contributed by atoms with Crippen LogP contribution in [0.3, 0.4) is 0 Å². The molecule has 0 radical (unpaired) electrons. The topological polar surface area (TPSA) is 73.3 Å². The number of aryl methyl sites for hydroxylation is 1. The van der Waals surface area contributed by atoms with Crippen LogP contribution in [0.4, 0.5) is 0 Å². The number of ether oxygens (including phenoxy) is 1. The van der Waals surface area contributed by atoms with Crippen LogP contribution in [0, 0.1) is 23.2 Å². The van der Waals surface area contributed by atoms with Crippen molar-refractivity contribution in [2.45, 2.75) is 40.5 Å². The summed E-state index contributed by atoms with van der Waals surface area (Å²) in [5, 5.41) is 0.850. The number of esters is 1. The van der Waals surface area contributed by atoms with Crippen molar-refractivity contribution in [3.8, 4) is 5.75 Å². The zero-order valence-corrected chi connectivity index (χ0v) is 15.4. The van der Waals surface area contributed by atoms with Crippen molar-refractivity contribution in [1.29, 1.82) is 0 Å². The van der Waals surface area contributed by atoms with Crippen LogP contribution >= 0.6 is 0 Å². The average Bonchev–Trinajstić information content (AvgIpc) is 2.87. The molecule has 0 unspecified atom stereocenters. The zero-order chi connectivity index (χ0) is 18.9. The molecule has 2 aliphatic carbocycles. The lowest BCUT2D eigenvalue weighted by molar-refractivity contribution is -0.157. The van der Waals surface area contributed by atoms with Crippen molar-refractivity contribution in [2.75, 3.05) is 0 Å². The van der Waals surface area contributed by atoms with Crippen LogP contribution in [0.2, 0.25) is 0 Å². The number of ketones is 2. The summed E-state index contributed by atoms with van der Waals surface area (Å²) in [7, 11) is 0. The Labute approximate surface area is 151 Å². The summed E-state index contributed by atoms with van der Waals surface area (Å²) in [6.07, 6.45) is 0.865. The van der Waals surface area contributed by atoms with Crippen LogP contribution in [0.1, 0.15) is 39.3 Å². The molecular formula is C21H21NO4. The summed E-state index contributed by atoms with van der Waals surface area (Å²) in [6.45, 7) is 7.31. The first-order chi connectivity index (χ1) is 12.1. The van der Waals surface area contributed by atoms with Crippen molar-refractivity contribution < 1.29 is 19.1 Å². The van der Waals surface area contributed by atoms with Gasteiger partial charge in [-0.05, 0) is 31.9 Å². The Balaban J connectivity index is 1.80. The van der Waals surface area contributed by atoms with E-state index in [4.69, 9.17) is 4.74 Å². The molecule has 4 rings (SSSR count). The lowest BCUT2D eigenvalue weighted by Crippen LogP contribution is -2.47. The fourth-order valence-corrected chi connectivity index (χ4v) is 4.71. The predicted molar refractivity (Wildman–Crippen MR) is 95.7 cm³/mol. The molecule has 0 spiro atoms. The number of rotatable bonds is 2. The second kappa shape index (κ2) is 5.00. The number of benzene rings is 1. The van der Waals surface area contributed by atoms with Gasteiger partial charge >= 0.3 is 5.97 Å². The van der Waals surface area contributed by atoms with Gasteiger partial charge in [-0.15, -0.1) is 0 Å². The molecule has 2 bridgehead atoms. The summed E-state index contributed by atoms with van der Waals surface area (Å²) in [5.41, 5.74) is -1.62. The third-order valence-corrected chi connectivity index (χ3v) is 6.91. The third-order valence-electron chi connectivity index (χ3n) is 6.91. The number of pyridine rings is 1. The summed E-state index contributed by atoms with van der Waals surface area (Å²) in [5.74, 6) is -1.37. The van der Waals surface area contributed by atoms with Gasteiger partial charge in [0.1, 0.15) is 10.9 Å². The van der Waals surface area contributed by atoms with E-state index in [9.17, 15) is 14.4 Å². The highest BCUT2D eigenvalue weighted by atomic mass is 16.5. The molecule has 0 N–H and O–H groups in total. The molecule has 2 fully saturated rings. The van der Waals surface area contributed by atoms with Crippen LogP contribution in [0.5, 0.6) is 5.75 Å². The lowest BCUT2D eigenvalue weighted by atomic mass is 9.65. The minimum absolute atomic E-state index is 0.321. The Morgan fingerprint density at radius 1 is 1.04 bits per heavy atom. The molecule has 26 heavy (non-hydrogen) atoms. The Bertz CT molecular complexity index is 993. The summed E-state index contributed by atoms with van der Waals surface area (Å²) >= 11 is 0. The first-order valence-corrected chi connectivity index (χ1v) is 8.83. The van der Waals surface area contributed by atoms with Crippen molar-refractivity contribution in [3.63, 3.8) is 0 Å².